The molecule has 0 radical (unpaired) electrons. The molecule has 0 atom stereocenters. The lowest BCUT2D eigenvalue weighted by Crippen LogP contribution is -2.40. The molecule has 3 amide bonds. The summed E-state index contributed by atoms with van der Waals surface area (Å²) in [5, 5.41) is 14.1. The molecule has 0 aliphatic carbocycles. The van der Waals surface area contributed by atoms with E-state index in [0.29, 0.717) is 5.57 Å². The Hall–Kier alpha value is -4.46. The predicted octanol–water partition coefficient (Wildman–Crippen LogP) is 3.36. The van der Waals surface area contributed by atoms with Gasteiger partial charge in [-0.3, -0.25) is 25.2 Å². The van der Waals surface area contributed by atoms with Crippen molar-refractivity contribution in [1.29, 1.82) is 0 Å². The molecule has 162 valence electrons. The summed E-state index contributed by atoms with van der Waals surface area (Å²) >= 11 is 0. The number of aromatic carboxylic acids is 1. The maximum Gasteiger partial charge on any atom is 0.337 e. The van der Waals surface area contributed by atoms with Crippen molar-refractivity contribution in [1.82, 2.24) is 10.9 Å². The van der Waals surface area contributed by atoms with E-state index >= 15 is 0 Å². The second kappa shape index (κ2) is 9.57. The smallest absolute Gasteiger partial charge is 0.337 e. The van der Waals surface area contributed by atoms with E-state index in [1.165, 1.54) is 31.2 Å². The van der Waals surface area contributed by atoms with Crippen LogP contribution < -0.4 is 16.2 Å². The van der Waals surface area contributed by atoms with Crippen LogP contribution in [-0.4, -0.2) is 28.8 Å². The van der Waals surface area contributed by atoms with Crippen molar-refractivity contribution >= 4 is 45.7 Å². The zero-order chi connectivity index (χ0) is 23.3. The Bertz CT molecular complexity index is 1260. The molecule has 3 aromatic carbocycles. The summed E-state index contributed by atoms with van der Waals surface area (Å²) in [6.07, 6.45) is 1.36. The second-order valence-corrected chi connectivity index (χ2v) is 7.08. The normalized spacial score (nSPS) is 11.0. The van der Waals surface area contributed by atoms with E-state index in [0.717, 1.165) is 16.3 Å². The highest BCUT2D eigenvalue weighted by atomic mass is 16.4. The van der Waals surface area contributed by atoms with Crippen LogP contribution in [0.25, 0.3) is 16.3 Å². The molecule has 0 saturated heterocycles. The van der Waals surface area contributed by atoms with Crippen LogP contribution in [-0.2, 0) is 9.59 Å². The number of carbonyl (C=O) groups is 4. The van der Waals surface area contributed by atoms with Crippen LogP contribution in [0.2, 0.25) is 0 Å². The number of carboxylic acids is 1. The first-order valence-corrected chi connectivity index (χ1v) is 9.67. The summed E-state index contributed by atoms with van der Waals surface area (Å²) in [5.74, 6) is -2.93. The van der Waals surface area contributed by atoms with Crippen molar-refractivity contribution in [2.45, 2.75) is 13.8 Å². The van der Waals surface area contributed by atoms with Gasteiger partial charge in [0, 0.05) is 18.6 Å². The van der Waals surface area contributed by atoms with E-state index in [9.17, 15) is 24.3 Å². The van der Waals surface area contributed by atoms with Crippen LogP contribution in [0.5, 0.6) is 0 Å². The summed E-state index contributed by atoms with van der Waals surface area (Å²) in [5.41, 5.74) is 5.71. The molecule has 8 heteroatoms. The van der Waals surface area contributed by atoms with Gasteiger partial charge in [-0.1, -0.05) is 36.4 Å². The Morgan fingerprint density at radius 2 is 1.50 bits per heavy atom. The molecule has 0 aromatic heterocycles. The summed E-state index contributed by atoms with van der Waals surface area (Å²) < 4.78 is 0. The number of fused-ring (bicyclic) bond motifs is 1. The number of benzene rings is 3. The van der Waals surface area contributed by atoms with Gasteiger partial charge in [-0.05, 0) is 53.1 Å². The van der Waals surface area contributed by atoms with Crippen molar-refractivity contribution in [3.05, 3.63) is 83.4 Å². The molecule has 0 bridgehead atoms. The molecule has 0 spiro atoms. The third kappa shape index (κ3) is 5.37. The number of nitrogens with one attached hydrogen (secondary N) is 3. The van der Waals surface area contributed by atoms with Gasteiger partial charge < -0.3 is 10.4 Å². The molecule has 0 aliphatic rings. The van der Waals surface area contributed by atoms with Crippen LogP contribution in [0.15, 0.2) is 66.7 Å². The summed E-state index contributed by atoms with van der Waals surface area (Å²) in [6.45, 7) is 3.00. The lowest BCUT2D eigenvalue weighted by atomic mass is 10.0. The molecule has 0 heterocycles. The van der Waals surface area contributed by atoms with Crippen molar-refractivity contribution in [3.63, 3.8) is 0 Å². The quantitative estimate of drug-likeness (QED) is 0.364. The van der Waals surface area contributed by atoms with Gasteiger partial charge in [0.25, 0.3) is 5.91 Å². The minimum Gasteiger partial charge on any atom is -0.478 e. The first-order chi connectivity index (χ1) is 15.2. The minimum atomic E-state index is -1.26. The van der Waals surface area contributed by atoms with Gasteiger partial charge >= 0.3 is 5.97 Å². The van der Waals surface area contributed by atoms with E-state index in [-0.39, 0.29) is 16.8 Å². The molecule has 3 aromatic rings. The van der Waals surface area contributed by atoms with Crippen LogP contribution in [0.1, 0.15) is 40.1 Å². The first-order valence-electron chi connectivity index (χ1n) is 9.67. The van der Waals surface area contributed by atoms with Crippen molar-refractivity contribution < 1.29 is 24.3 Å². The highest BCUT2D eigenvalue weighted by molar-refractivity contribution is 6.08. The molecule has 0 aliphatic heterocycles. The molecule has 8 nitrogen and oxygen atoms in total. The molecular formula is C24H21N3O5. The average molecular weight is 431 g/mol. The second-order valence-electron chi connectivity index (χ2n) is 7.08. The fourth-order valence-corrected chi connectivity index (χ4v) is 3.08. The van der Waals surface area contributed by atoms with Crippen molar-refractivity contribution in [2.75, 3.05) is 5.32 Å². The van der Waals surface area contributed by atoms with Crippen LogP contribution in [0.4, 0.5) is 5.69 Å². The van der Waals surface area contributed by atoms with Gasteiger partial charge in [-0.2, -0.15) is 0 Å². The van der Waals surface area contributed by atoms with E-state index < -0.39 is 23.7 Å². The minimum absolute atomic E-state index is 0.0412. The lowest BCUT2D eigenvalue weighted by molar-refractivity contribution is -0.119. The molecule has 3 rings (SSSR count). The number of hydrazine groups is 1. The Morgan fingerprint density at radius 1 is 0.812 bits per heavy atom. The van der Waals surface area contributed by atoms with Crippen LogP contribution in [0.3, 0.4) is 0 Å². The number of anilines is 1. The number of carbonyl (C=O) groups excluding carboxylic acids is 3. The third-order valence-corrected chi connectivity index (χ3v) is 4.67. The average Bonchev–Trinajstić information content (AvgIpc) is 2.76. The number of hydrogen-bond donors (Lipinski definition) is 4. The topological polar surface area (TPSA) is 125 Å². The number of amides is 3. The Kier molecular flexibility index (Phi) is 6.65. The fourth-order valence-electron chi connectivity index (χ4n) is 3.08. The predicted molar refractivity (Wildman–Crippen MR) is 121 cm³/mol. The van der Waals surface area contributed by atoms with Gasteiger partial charge in [0.1, 0.15) is 0 Å². The molecule has 0 fully saturated rings. The highest BCUT2D eigenvalue weighted by Gasteiger charge is 2.16. The number of allylic oxidation sites excluding steroid dienone is 1. The van der Waals surface area contributed by atoms with Gasteiger partial charge in [-0.25, -0.2) is 4.79 Å². The standard InChI is InChI=1S/C24H21N3O5/c1-14(17-8-7-16-5-3-4-6-18(16)12-17)11-22(29)25-21-13-19(9-10-20(21)24(31)32)23(30)27-26-15(2)28/h3-13H,1-2H3,(H,25,29)(H,26,28)(H,27,30)(H,31,32). The Morgan fingerprint density at radius 3 is 2.19 bits per heavy atom. The van der Waals surface area contributed by atoms with E-state index in [4.69, 9.17) is 0 Å². The Balaban J connectivity index is 1.84. The van der Waals surface area contributed by atoms with Crippen LogP contribution >= 0.6 is 0 Å². The van der Waals surface area contributed by atoms with E-state index in [1.807, 2.05) is 42.5 Å². The molecular weight excluding hydrogens is 410 g/mol. The number of rotatable bonds is 5. The molecule has 32 heavy (non-hydrogen) atoms. The monoisotopic (exact) mass is 431 g/mol. The fraction of sp³-hybridized carbons (Fsp3) is 0.0833. The third-order valence-electron chi connectivity index (χ3n) is 4.67. The SMILES string of the molecule is CC(=O)NNC(=O)c1ccc(C(=O)O)c(NC(=O)C=C(C)c2ccc3ccccc3c2)c1. The zero-order valence-corrected chi connectivity index (χ0v) is 17.4. The highest BCUT2D eigenvalue weighted by Crippen LogP contribution is 2.22. The number of hydrogen-bond acceptors (Lipinski definition) is 4. The van der Waals surface area contributed by atoms with Gasteiger partial charge in [0.05, 0.1) is 11.3 Å². The van der Waals surface area contributed by atoms with Crippen LogP contribution in [0, 0.1) is 0 Å². The Labute approximate surface area is 183 Å². The number of carboxylic acid groups (broad SMARTS) is 1. The largest absolute Gasteiger partial charge is 0.478 e. The molecule has 0 unspecified atom stereocenters. The maximum atomic E-state index is 12.6. The first kappa shape index (κ1) is 22.2. The van der Waals surface area contributed by atoms with Crippen molar-refractivity contribution in [2.24, 2.45) is 0 Å². The summed E-state index contributed by atoms with van der Waals surface area (Å²) in [7, 11) is 0. The van der Waals surface area contributed by atoms with Gasteiger partial charge in [-0.15, -0.1) is 0 Å². The van der Waals surface area contributed by atoms with E-state index in [2.05, 4.69) is 16.2 Å². The zero-order valence-electron chi connectivity index (χ0n) is 17.4. The molecule has 0 saturated carbocycles. The summed E-state index contributed by atoms with van der Waals surface area (Å²) in [4.78, 5) is 47.2. The van der Waals surface area contributed by atoms with Crippen molar-refractivity contribution in [3.8, 4) is 0 Å². The lowest BCUT2D eigenvalue weighted by Gasteiger charge is -2.11. The molecule has 4 N–H and O–H groups in total. The van der Waals surface area contributed by atoms with Gasteiger partial charge in [0.2, 0.25) is 11.8 Å². The maximum absolute atomic E-state index is 12.6. The van der Waals surface area contributed by atoms with Gasteiger partial charge in [0.15, 0.2) is 0 Å². The summed E-state index contributed by atoms with van der Waals surface area (Å²) in [6, 6.07) is 17.4. The van der Waals surface area contributed by atoms with E-state index in [1.54, 1.807) is 6.92 Å².